The summed E-state index contributed by atoms with van der Waals surface area (Å²) < 4.78 is 0. The Hall–Kier alpha value is -0.710. The fraction of sp³-hybridized carbons (Fsp3) is 0.750. The molecule has 0 radical (unpaired) electrons. The summed E-state index contributed by atoms with van der Waals surface area (Å²) in [6.07, 6.45) is 0. The highest BCUT2D eigenvalue weighted by molar-refractivity contribution is 7.99. The van der Waals surface area contributed by atoms with Crippen molar-refractivity contribution in [3.8, 4) is 0 Å². The maximum Gasteiger partial charge on any atom is 0.307 e. The van der Waals surface area contributed by atoms with Crippen LogP contribution in [0.3, 0.4) is 0 Å². The number of hydrogen-bond donors (Lipinski definition) is 1. The molecule has 0 aromatic carbocycles. The van der Waals surface area contributed by atoms with Gasteiger partial charge in [-0.2, -0.15) is 11.8 Å². The van der Waals surface area contributed by atoms with Gasteiger partial charge in [0.1, 0.15) is 0 Å². The second-order valence-electron chi connectivity index (χ2n) is 3.04. The van der Waals surface area contributed by atoms with Crippen molar-refractivity contribution in [1.82, 2.24) is 4.90 Å². The number of hydrogen-bond acceptors (Lipinski definition) is 3. The van der Waals surface area contributed by atoms with Crippen LogP contribution in [0.5, 0.6) is 0 Å². The molecule has 0 rings (SSSR count). The zero-order valence-electron chi connectivity index (χ0n) is 8.11. The molecule has 0 aliphatic heterocycles. The van der Waals surface area contributed by atoms with E-state index in [0.29, 0.717) is 11.5 Å². The van der Waals surface area contributed by atoms with Crippen molar-refractivity contribution >= 4 is 23.6 Å². The van der Waals surface area contributed by atoms with Gasteiger partial charge >= 0.3 is 5.97 Å². The molecular formula is C8H15NO3S. The maximum absolute atomic E-state index is 11.1. The van der Waals surface area contributed by atoms with E-state index in [9.17, 15) is 9.59 Å². The molecule has 1 atom stereocenters. The lowest BCUT2D eigenvalue weighted by molar-refractivity contribution is -0.140. The first-order chi connectivity index (χ1) is 5.95. The van der Waals surface area contributed by atoms with Crippen LogP contribution in [0.1, 0.15) is 6.92 Å². The number of carbonyl (C=O) groups is 2. The molecular weight excluding hydrogens is 190 g/mol. The predicted octanol–water partition coefficient (Wildman–Crippen LogP) is 0.529. The van der Waals surface area contributed by atoms with Crippen LogP contribution in [0, 0.1) is 5.92 Å². The van der Waals surface area contributed by atoms with E-state index < -0.39 is 5.97 Å². The number of carboxylic acids is 1. The molecule has 0 fully saturated rings. The molecule has 4 nitrogen and oxygen atoms in total. The maximum atomic E-state index is 11.1. The van der Waals surface area contributed by atoms with E-state index in [4.69, 9.17) is 5.11 Å². The van der Waals surface area contributed by atoms with Crippen LogP contribution >= 0.6 is 11.8 Å². The Kier molecular flexibility index (Phi) is 5.53. The van der Waals surface area contributed by atoms with Crippen LogP contribution in [-0.4, -0.2) is 47.5 Å². The summed E-state index contributed by atoms with van der Waals surface area (Å²) in [6, 6.07) is 0. The van der Waals surface area contributed by atoms with E-state index in [1.54, 1.807) is 21.0 Å². The number of thioether (sulfide) groups is 1. The Morgan fingerprint density at radius 1 is 1.46 bits per heavy atom. The SMILES string of the molecule is CC(CSCC(=O)N(C)C)C(=O)O. The fourth-order valence-electron chi connectivity index (χ4n) is 0.523. The molecule has 1 amide bonds. The van der Waals surface area contributed by atoms with Gasteiger partial charge < -0.3 is 10.0 Å². The van der Waals surface area contributed by atoms with Gasteiger partial charge in [-0.1, -0.05) is 6.92 Å². The van der Waals surface area contributed by atoms with E-state index in [-0.39, 0.29) is 11.8 Å². The molecule has 1 N–H and O–H groups in total. The van der Waals surface area contributed by atoms with Crippen molar-refractivity contribution in [2.45, 2.75) is 6.92 Å². The van der Waals surface area contributed by atoms with Crippen LogP contribution in [0.2, 0.25) is 0 Å². The Labute approximate surface area is 82.3 Å². The molecule has 0 saturated carbocycles. The highest BCUT2D eigenvalue weighted by atomic mass is 32.2. The van der Waals surface area contributed by atoms with Gasteiger partial charge in [-0.3, -0.25) is 9.59 Å². The quantitative estimate of drug-likeness (QED) is 0.711. The van der Waals surface area contributed by atoms with E-state index >= 15 is 0 Å². The van der Waals surface area contributed by atoms with E-state index in [2.05, 4.69) is 0 Å². The molecule has 76 valence electrons. The van der Waals surface area contributed by atoms with E-state index in [1.807, 2.05) is 0 Å². The summed E-state index contributed by atoms with van der Waals surface area (Å²) in [4.78, 5) is 23.0. The number of nitrogens with zero attached hydrogens (tertiary/aromatic N) is 1. The molecule has 0 saturated heterocycles. The summed E-state index contributed by atoms with van der Waals surface area (Å²) in [5, 5.41) is 8.55. The molecule has 1 unspecified atom stereocenters. The standard InChI is InChI=1S/C8H15NO3S/c1-6(8(11)12)4-13-5-7(10)9(2)3/h6H,4-5H2,1-3H3,(H,11,12). The van der Waals surface area contributed by atoms with Crippen LogP contribution in [-0.2, 0) is 9.59 Å². The van der Waals surface area contributed by atoms with Gasteiger partial charge in [0.05, 0.1) is 11.7 Å². The first-order valence-corrected chi connectivity index (χ1v) is 5.11. The van der Waals surface area contributed by atoms with Crippen LogP contribution in [0.15, 0.2) is 0 Å². The minimum atomic E-state index is -0.815. The summed E-state index contributed by atoms with van der Waals surface area (Å²) in [6.45, 7) is 1.63. The fourth-order valence-corrected chi connectivity index (χ4v) is 1.57. The largest absolute Gasteiger partial charge is 0.481 e. The molecule has 0 aliphatic rings. The van der Waals surface area contributed by atoms with Gasteiger partial charge in [-0.15, -0.1) is 0 Å². The summed E-state index contributed by atoms with van der Waals surface area (Å²) in [5.74, 6) is -0.355. The second-order valence-corrected chi connectivity index (χ2v) is 4.07. The van der Waals surface area contributed by atoms with E-state index in [0.717, 1.165) is 0 Å². The third kappa shape index (κ3) is 5.52. The minimum Gasteiger partial charge on any atom is -0.481 e. The average molecular weight is 205 g/mol. The highest BCUT2D eigenvalue weighted by Crippen LogP contribution is 2.08. The second kappa shape index (κ2) is 5.85. The zero-order valence-corrected chi connectivity index (χ0v) is 8.93. The Morgan fingerprint density at radius 2 is 2.00 bits per heavy atom. The van der Waals surface area contributed by atoms with Gasteiger partial charge in [0.25, 0.3) is 0 Å². The zero-order chi connectivity index (χ0) is 10.4. The van der Waals surface area contributed by atoms with Crippen molar-refractivity contribution in [3.63, 3.8) is 0 Å². The number of rotatable bonds is 5. The van der Waals surface area contributed by atoms with Crippen molar-refractivity contribution in [1.29, 1.82) is 0 Å². The smallest absolute Gasteiger partial charge is 0.307 e. The lowest BCUT2D eigenvalue weighted by Crippen LogP contribution is -2.24. The Morgan fingerprint density at radius 3 is 2.38 bits per heavy atom. The normalized spacial score (nSPS) is 12.2. The average Bonchev–Trinajstić information content (AvgIpc) is 2.03. The van der Waals surface area contributed by atoms with Crippen LogP contribution < -0.4 is 0 Å². The molecule has 0 aliphatic carbocycles. The van der Waals surface area contributed by atoms with Crippen molar-refractivity contribution in [2.24, 2.45) is 5.92 Å². The molecule has 0 heterocycles. The van der Waals surface area contributed by atoms with Crippen LogP contribution in [0.4, 0.5) is 0 Å². The lowest BCUT2D eigenvalue weighted by atomic mass is 10.2. The first-order valence-electron chi connectivity index (χ1n) is 3.96. The van der Waals surface area contributed by atoms with E-state index in [1.165, 1.54) is 16.7 Å². The predicted molar refractivity (Wildman–Crippen MR) is 52.8 cm³/mol. The van der Waals surface area contributed by atoms with Crippen molar-refractivity contribution < 1.29 is 14.7 Å². The number of amides is 1. The van der Waals surface area contributed by atoms with Gasteiger partial charge in [0, 0.05) is 19.8 Å². The third-order valence-electron chi connectivity index (χ3n) is 1.51. The number of carbonyl (C=O) groups excluding carboxylic acids is 1. The lowest BCUT2D eigenvalue weighted by Gasteiger charge is -2.10. The molecule has 13 heavy (non-hydrogen) atoms. The molecule has 5 heteroatoms. The van der Waals surface area contributed by atoms with Crippen molar-refractivity contribution in [3.05, 3.63) is 0 Å². The Bertz CT molecular complexity index is 194. The summed E-state index contributed by atoms with van der Waals surface area (Å²) in [5.41, 5.74) is 0. The van der Waals surface area contributed by atoms with Gasteiger partial charge in [0.2, 0.25) is 5.91 Å². The molecule has 0 spiro atoms. The molecule has 0 aromatic heterocycles. The van der Waals surface area contributed by atoms with Gasteiger partial charge in [-0.25, -0.2) is 0 Å². The highest BCUT2D eigenvalue weighted by Gasteiger charge is 2.12. The number of carboxylic acid groups (broad SMARTS) is 1. The minimum absolute atomic E-state index is 0.0163. The molecule has 0 bridgehead atoms. The van der Waals surface area contributed by atoms with Gasteiger partial charge in [0.15, 0.2) is 0 Å². The molecule has 0 aromatic rings. The van der Waals surface area contributed by atoms with Crippen molar-refractivity contribution in [2.75, 3.05) is 25.6 Å². The topological polar surface area (TPSA) is 57.6 Å². The monoisotopic (exact) mass is 205 g/mol. The Balaban J connectivity index is 3.56. The third-order valence-corrected chi connectivity index (χ3v) is 2.70. The summed E-state index contributed by atoms with van der Waals surface area (Å²) >= 11 is 1.35. The first kappa shape index (κ1) is 12.3. The van der Waals surface area contributed by atoms with Crippen LogP contribution in [0.25, 0.3) is 0 Å². The van der Waals surface area contributed by atoms with Gasteiger partial charge in [-0.05, 0) is 0 Å². The summed E-state index contributed by atoms with van der Waals surface area (Å²) in [7, 11) is 3.37. The number of aliphatic carboxylic acids is 1.